The number of hydrogen-bond acceptors (Lipinski definition) is 5. The Bertz CT molecular complexity index is 560. The molecule has 2 N–H and O–H groups in total. The van der Waals surface area contributed by atoms with Gasteiger partial charge in [-0.05, 0) is 46.6 Å². The van der Waals surface area contributed by atoms with Gasteiger partial charge in [0.15, 0.2) is 11.5 Å². The summed E-state index contributed by atoms with van der Waals surface area (Å²) in [6.45, 7) is 1.68. The molecule has 0 aliphatic heterocycles. The number of rotatable bonds is 8. The van der Waals surface area contributed by atoms with Crippen molar-refractivity contribution in [1.29, 1.82) is 0 Å². The van der Waals surface area contributed by atoms with Crippen LogP contribution in [-0.4, -0.2) is 35.9 Å². The first-order valence-corrected chi connectivity index (χ1v) is 7.49. The molecule has 0 amide bonds. The van der Waals surface area contributed by atoms with E-state index in [-0.39, 0.29) is 0 Å². The highest BCUT2D eigenvalue weighted by atomic mass is 79.9. The van der Waals surface area contributed by atoms with Crippen LogP contribution in [0.3, 0.4) is 0 Å². The number of nitrogens with one attached hydrogen (secondary N) is 2. The smallest absolute Gasteiger partial charge is 0.174 e. The quantitative estimate of drug-likeness (QED) is 0.711. The van der Waals surface area contributed by atoms with Gasteiger partial charge in [-0.25, -0.2) is 4.98 Å². The predicted molar refractivity (Wildman–Crippen MR) is 83.7 cm³/mol. The number of benzene rings is 1. The van der Waals surface area contributed by atoms with E-state index in [0.717, 1.165) is 47.5 Å². The van der Waals surface area contributed by atoms with Gasteiger partial charge in [0.25, 0.3) is 0 Å². The molecule has 2 aromatic rings. The highest BCUT2D eigenvalue weighted by molar-refractivity contribution is 9.10. The van der Waals surface area contributed by atoms with E-state index >= 15 is 0 Å². The normalized spacial score (nSPS) is 10.6. The van der Waals surface area contributed by atoms with Gasteiger partial charge < -0.3 is 14.8 Å². The first-order valence-electron chi connectivity index (χ1n) is 6.70. The third-order valence-corrected chi connectivity index (χ3v) is 3.64. The summed E-state index contributed by atoms with van der Waals surface area (Å²) in [7, 11) is 3.27. The third kappa shape index (κ3) is 4.44. The Labute approximate surface area is 132 Å². The Kier molecular flexibility index (Phi) is 6.01. The number of aryl methyl sites for hydroxylation is 1. The molecule has 0 saturated carbocycles. The molecule has 21 heavy (non-hydrogen) atoms. The standard InChI is InChI=1S/C14H19BrN4O2/c1-20-12-7-10(6-11(15)14(12)21-2)8-16-5-3-4-13-17-9-18-19-13/h6-7,9,16H,3-5,8H2,1-2H3,(H,17,18,19). The lowest BCUT2D eigenvalue weighted by molar-refractivity contribution is 0.352. The molecule has 1 aromatic heterocycles. The summed E-state index contributed by atoms with van der Waals surface area (Å²) in [6, 6.07) is 4.01. The first-order chi connectivity index (χ1) is 10.2. The Morgan fingerprint density at radius 1 is 1.29 bits per heavy atom. The van der Waals surface area contributed by atoms with Crippen molar-refractivity contribution in [2.45, 2.75) is 19.4 Å². The lowest BCUT2D eigenvalue weighted by Crippen LogP contribution is -2.15. The number of ether oxygens (including phenoxy) is 2. The largest absolute Gasteiger partial charge is 0.493 e. The van der Waals surface area contributed by atoms with Crippen LogP contribution in [0.1, 0.15) is 17.8 Å². The third-order valence-electron chi connectivity index (χ3n) is 3.05. The van der Waals surface area contributed by atoms with Gasteiger partial charge in [-0.2, -0.15) is 5.10 Å². The van der Waals surface area contributed by atoms with E-state index < -0.39 is 0 Å². The fourth-order valence-corrected chi connectivity index (χ4v) is 2.69. The molecule has 0 bridgehead atoms. The van der Waals surface area contributed by atoms with Gasteiger partial charge in [-0.3, -0.25) is 5.10 Å². The summed E-state index contributed by atoms with van der Waals surface area (Å²) in [5.74, 6) is 2.36. The number of aromatic amines is 1. The Morgan fingerprint density at radius 3 is 2.81 bits per heavy atom. The van der Waals surface area contributed by atoms with Gasteiger partial charge in [0.2, 0.25) is 0 Å². The Morgan fingerprint density at radius 2 is 2.14 bits per heavy atom. The molecule has 0 radical (unpaired) electrons. The molecule has 0 atom stereocenters. The van der Waals surface area contributed by atoms with Gasteiger partial charge >= 0.3 is 0 Å². The summed E-state index contributed by atoms with van der Waals surface area (Å²) < 4.78 is 11.5. The van der Waals surface area contributed by atoms with Gasteiger partial charge in [-0.15, -0.1) is 0 Å². The molecule has 1 aromatic carbocycles. The van der Waals surface area contributed by atoms with Crippen LogP contribution in [0.25, 0.3) is 0 Å². The van der Waals surface area contributed by atoms with Crippen molar-refractivity contribution in [1.82, 2.24) is 20.5 Å². The minimum Gasteiger partial charge on any atom is -0.493 e. The van der Waals surface area contributed by atoms with Crippen molar-refractivity contribution in [3.8, 4) is 11.5 Å². The zero-order valence-corrected chi connectivity index (χ0v) is 13.7. The SMILES string of the molecule is COc1cc(CNCCCc2ncn[nH]2)cc(Br)c1OC. The molecular weight excluding hydrogens is 336 g/mol. The van der Waals surface area contributed by atoms with Crippen LogP contribution in [0, 0.1) is 0 Å². The van der Waals surface area contributed by atoms with E-state index in [1.54, 1.807) is 14.2 Å². The highest BCUT2D eigenvalue weighted by Gasteiger charge is 2.10. The molecule has 0 aliphatic carbocycles. The molecule has 0 spiro atoms. The highest BCUT2D eigenvalue weighted by Crippen LogP contribution is 2.36. The van der Waals surface area contributed by atoms with Crippen molar-refractivity contribution < 1.29 is 9.47 Å². The molecule has 1 heterocycles. The van der Waals surface area contributed by atoms with Crippen LogP contribution in [0.15, 0.2) is 22.9 Å². The summed E-state index contributed by atoms with van der Waals surface area (Å²) in [5, 5.41) is 10.1. The molecule has 0 aliphatic rings. The van der Waals surface area contributed by atoms with Crippen LogP contribution in [-0.2, 0) is 13.0 Å². The van der Waals surface area contributed by atoms with E-state index in [1.807, 2.05) is 12.1 Å². The number of aromatic nitrogens is 3. The second-order valence-corrected chi connectivity index (χ2v) is 5.38. The van der Waals surface area contributed by atoms with E-state index in [2.05, 4.69) is 36.4 Å². The minimum atomic E-state index is 0.714. The predicted octanol–water partition coefficient (Wildman–Crippen LogP) is 2.31. The van der Waals surface area contributed by atoms with Crippen LogP contribution in [0.5, 0.6) is 11.5 Å². The monoisotopic (exact) mass is 354 g/mol. The Balaban J connectivity index is 1.81. The number of halogens is 1. The second kappa shape index (κ2) is 7.99. The number of H-pyrrole nitrogens is 1. The van der Waals surface area contributed by atoms with Gasteiger partial charge in [0.1, 0.15) is 12.2 Å². The van der Waals surface area contributed by atoms with Crippen molar-refractivity contribution in [2.24, 2.45) is 0 Å². The zero-order chi connectivity index (χ0) is 15.1. The van der Waals surface area contributed by atoms with Crippen LogP contribution in [0.2, 0.25) is 0 Å². The average molecular weight is 355 g/mol. The maximum absolute atomic E-state index is 5.33. The van der Waals surface area contributed by atoms with Crippen LogP contribution in [0.4, 0.5) is 0 Å². The molecule has 7 heteroatoms. The summed E-state index contributed by atoms with van der Waals surface area (Å²) >= 11 is 3.50. The summed E-state index contributed by atoms with van der Waals surface area (Å²) in [4.78, 5) is 4.09. The molecule has 2 rings (SSSR count). The van der Waals surface area contributed by atoms with E-state index in [0.29, 0.717) is 5.75 Å². The van der Waals surface area contributed by atoms with Crippen LogP contribution < -0.4 is 14.8 Å². The molecule has 0 saturated heterocycles. The van der Waals surface area contributed by atoms with Crippen molar-refractivity contribution in [3.63, 3.8) is 0 Å². The average Bonchev–Trinajstić information content (AvgIpc) is 2.99. The lowest BCUT2D eigenvalue weighted by atomic mass is 10.2. The van der Waals surface area contributed by atoms with E-state index in [1.165, 1.54) is 6.33 Å². The van der Waals surface area contributed by atoms with Gasteiger partial charge in [0, 0.05) is 13.0 Å². The maximum Gasteiger partial charge on any atom is 0.174 e. The topological polar surface area (TPSA) is 72.1 Å². The molecular formula is C14H19BrN4O2. The van der Waals surface area contributed by atoms with Gasteiger partial charge in [-0.1, -0.05) is 0 Å². The zero-order valence-electron chi connectivity index (χ0n) is 12.1. The number of methoxy groups -OCH3 is 2. The second-order valence-electron chi connectivity index (χ2n) is 4.53. The van der Waals surface area contributed by atoms with Crippen molar-refractivity contribution in [2.75, 3.05) is 20.8 Å². The van der Waals surface area contributed by atoms with E-state index in [4.69, 9.17) is 9.47 Å². The van der Waals surface area contributed by atoms with Crippen molar-refractivity contribution in [3.05, 3.63) is 34.3 Å². The molecule has 114 valence electrons. The van der Waals surface area contributed by atoms with Crippen molar-refractivity contribution >= 4 is 15.9 Å². The van der Waals surface area contributed by atoms with Crippen LogP contribution >= 0.6 is 15.9 Å². The number of hydrogen-bond donors (Lipinski definition) is 2. The fraction of sp³-hybridized carbons (Fsp3) is 0.429. The first kappa shape index (κ1) is 15.8. The summed E-state index contributed by atoms with van der Waals surface area (Å²) in [6.07, 6.45) is 3.43. The number of nitrogens with zero attached hydrogens (tertiary/aromatic N) is 2. The molecule has 6 nitrogen and oxygen atoms in total. The molecule has 0 unspecified atom stereocenters. The molecule has 0 fully saturated rings. The summed E-state index contributed by atoms with van der Waals surface area (Å²) in [5.41, 5.74) is 1.14. The van der Waals surface area contributed by atoms with Gasteiger partial charge in [0.05, 0.1) is 18.7 Å². The van der Waals surface area contributed by atoms with E-state index in [9.17, 15) is 0 Å². The lowest BCUT2D eigenvalue weighted by Gasteiger charge is -2.12. The minimum absolute atomic E-state index is 0.714. The maximum atomic E-state index is 5.33. The fourth-order valence-electron chi connectivity index (χ4n) is 2.04. The Hall–Kier alpha value is -1.60.